The summed E-state index contributed by atoms with van der Waals surface area (Å²) in [5.74, 6) is 2.86. The second-order valence-corrected chi connectivity index (χ2v) is 5.50. The fourth-order valence-electron chi connectivity index (χ4n) is 2.75. The Bertz CT molecular complexity index is 153. The van der Waals surface area contributed by atoms with E-state index < -0.39 is 0 Å². The Morgan fingerprint density at radius 2 is 1.71 bits per heavy atom. The molecule has 1 saturated heterocycles. The van der Waals surface area contributed by atoms with Crippen LogP contribution >= 0.6 is 0 Å². The van der Waals surface area contributed by atoms with Crippen molar-refractivity contribution in [3.05, 3.63) is 0 Å². The Hall–Kier alpha value is -0.0400. The van der Waals surface area contributed by atoms with Crippen molar-refractivity contribution in [1.29, 1.82) is 0 Å². The van der Waals surface area contributed by atoms with E-state index in [2.05, 4.69) is 32.7 Å². The van der Waals surface area contributed by atoms with Crippen LogP contribution in [0.15, 0.2) is 0 Å². The average Bonchev–Trinajstić information content (AvgIpc) is 2.44. The second kappa shape index (κ2) is 5.75. The van der Waals surface area contributed by atoms with Crippen LogP contribution in [0.3, 0.4) is 0 Å². The van der Waals surface area contributed by atoms with Crippen molar-refractivity contribution in [2.75, 3.05) is 20.1 Å². The maximum atomic E-state index is 2.52. The van der Waals surface area contributed by atoms with Crippen LogP contribution in [0.1, 0.15) is 46.5 Å². The minimum Gasteiger partial charge on any atom is -0.306 e. The molecule has 0 spiro atoms. The zero-order valence-corrected chi connectivity index (χ0v) is 10.4. The molecule has 1 aliphatic heterocycles. The van der Waals surface area contributed by atoms with Gasteiger partial charge in [-0.25, -0.2) is 0 Å². The molecular formula is C13H27N. The highest BCUT2D eigenvalue weighted by molar-refractivity contribution is 4.82. The molecule has 2 atom stereocenters. The molecule has 84 valence electrons. The molecule has 1 heteroatoms. The van der Waals surface area contributed by atoms with Crippen LogP contribution in [0.25, 0.3) is 0 Å². The van der Waals surface area contributed by atoms with E-state index in [0.29, 0.717) is 0 Å². The molecule has 0 aromatic carbocycles. The molecule has 0 aromatic heterocycles. The molecule has 0 radical (unpaired) electrons. The first-order valence-electron chi connectivity index (χ1n) is 6.32. The second-order valence-electron chi connectivity index (χ2n) is 5.50. The van der Waals surface area contributed by atoms with Crippen LogP contribution in [-0.2, 0) is 0 Å². The Morgan fingerprint density at radius 1 is 1.14 bits per heavy atom. The summed E-state index contributed by atoms with van der Waals surface area (Å²) in [5.41, 5.74) is 0. The molecule has 1 fully saturated rings. The van der Waals surface area contributed by atoms with Gasteiger partial charge in [0, 0.05) is 13.1 Å². The molecule has 2 unspecified atom stereocenters. The lowest BCUT2D eigenvalue weighted by atomic mass is 9.86. The third-order valence-corrected chi connectivity index (χ3v) is 3.53. The van der Waals surface area contributed by atoms with E-state index in [1.54, 1.807) is 0 Å². The fourth-order valence-corrected chi connectivity index (χ4v) is 2.75. The maximum Gasteiger partial charge on any atom is 0.000985 e. The van der Waals surface area contributed by atoms with E-state index in [1.807, 2.05) is 0 Å². The van der Waals surface area contributed by atoms with Crippen molar-refractivity contribution in [2.45, 2.75) is 46.5 Å². The minimum absolute atomic E-state index is 0.878. The zero-order valence-electron chi connectivity index (χ0n) is 10.4. The standard InChI is InChI=1S/C13H27N/c1-5-6-12-9-14(4)10-13(12)8-7-11(2)3/h11-13H,5-10H2,1-4H3. The first-order valence-corrected chi connectivity index (χ1v) is 6.32. The Morgan fingerprint density at radius 3 is 2.21 bits per heavy atom. The van der Waals surface area contributed by atoms with E-state index in [9.17, 15) is 0 Å². The molecule has 0 saturated carbocycles. The molecular weight excluding hydrogens is 170 g/mol. The monoisotopic (exact) mass is 197 g/mol. The van der Waals surface area contributed by atoms with Crippen LogP contribution in [-0.4, -0.2) is 25.0 Å². The molecule has 0 N–H and O–H groups in total. The van der Waals surface area contributed by atoms with Crippen molar-refractivity contribution in [3.8, 4) is 0 Å². The lowest BCUT2D eigenvalue weighted by Crippen LogP contribution is -2.14. The van der Waals surface area contributed by atoms with Gasteiger partial charge in [0.25, 0.3) is 0 Å². The van der Waals surface area contributed by atoms with Crippen molar-refractivity contribution < 1.29 is 0 Å². The van der Waals surface area contributed by atoms with E-state index in [0.717, 1.165) is 17.8 Å². The summed E-state index contributed by atoms with van der Waals surface area (Å²) in [6.07, 6.45) is 5.66. The smallest absolute Gasteiger partial charge is 0.000985 e. The van der Waals surface area contributed by atoms with Crippen LogP contribution in [0.2, 0.25) is 0 Å². The van der Waals surface area contributed by atoms with Gasteiger partial charge in [-0.15, -0.1) is 0 Å². The maximum absolute atomic E-state index is 2.52. The third kappa shape index (κ3) is 3.61. The van der Waals surface area contributed by atoms with Crippen LogP contribution < -0.4 is 0 Å². The molecule has 14 heavy (non-hydrogen) atoms. The summed E-state index contributed by atoms with van der Waals surface area (Å²) >= 11 is 0. The van der Waals surface area contributed by atoms with Crippen LogP contribution in [0, 0.1) is 17.8 Å². The fraction of sp³-hybridized carbons (Fsp3) is 1.00. The first-order chi connectivity index (χ1) is 6.63. The lowest BCUT2D eigenvalue weighted by Gasteiger charge is -2.18. The summed E-state index contributed by atoms with van der Waals surface area (Å²) in [5, 5.41) is 0. The number of likely N-dealkylation sites (tertiary alicyclic amines) is 1. The van der Waals surface area contributed by atoms with Crippen LogP contribution in [0.5, 0.6) is 0 Å². The molecule has 1 aliphatic rings. The highest BCUT2D eigenvalue weighted by atomic mass is 15.1. The molecule has 1 nitrogen and oxygen atoms in total. The molecule has 0 aliphatic carbocycles. The third-order valence-electron chi connectivity index (χ3n) is 3.53. The van der Waals surface area contributed by atoms with Crippen molar-refractivity contribution in [3.63, 3.8) is 0 Å². The zero-order chi connectivity index (χ0) is 10.6. The van der Waals surface area contributed by atoms with Crippen molar-refractivity contribution in [1.82, 2.24) is 4.90 Å². The lowest BCUT2D eigenvalue weighted by molar-refractivity contribution is 0.342. The van der Waals surface area contributed by atoms with E-state index in [-0.39, 0.29) is 0 Å². The Kier molecular flexibility index (Phi) is 4.94. The van der Waals surface area contributed by atoms with Gasteiger partial charge < -0.3 is 4.90 Å². The topological polar surface area (TPSA) is 3.24 Å². The number of hydrogen-bond acceptors (Lipinski definition) is 1. The van der Waals surface area contributed by atoms with Gasteiger partial charge in [0.1, 0.15) is 0 Å². The van der Waals surface area contributed by atoms with Gasteiger partial charge in [-0.3, -0.25) is 0 Å². The molecule has 0 bridgehead atoms. The Balaban J connectivity index is 2.33. The first kappa shape index (κ1) is 12.0. The van der Waals surface area contributed by atoms with Gasteiger partial charge in [0.2, 0.25) is 0 Å². The summed E-state index contributed by atoms with van der Waals surface area (Å²) in [6, 6.07) is 0. The highest BCUT2D eigenvalue weighted by Gasteiger charge is 2.29. The Labute approximate surface area is 89.9 Å². The summed E-state index contributed by atoms with van der Waals surface area (Å²) < 4.78 is 0. The number of rotatable bonds is 5. The molecule has 1 rings (SSSR count). The highest BCUT2D eigenvalue weighted by Crippen LogP contribution is 2.30. The molecule has 0 amide bonds. The SMILES string of the molecule is CCCC1CN(C)CC1CCC(C)C. The summed E-state index contributed by atoms with van der Waals surface area (Å²) in [6.45, 7) is 9.69. The van der Waals surface area contributed by atoms with Gasteiger partial charge in [-0.05, 0) is 37.6 Å². The van der Waals surface area contributed by atoms with Crippen LogP contribution in [0.4, 0.5) is 0 Å². The predicted octanol–water partition coefficient (Wildman–Crippen LogP) is 3.40. The molecule has 0 aromatic rings. The van der Waals surface area contributed by atoms with E-state index in [1.165, 1.54) is 38.8 Å². The number of hydrogen-bond donors (Lipinski definition) is 0. The normalized spacial score (nSPS) is 28.9. The summed E-state index contributed by atoms with van der Waals surface area (Å²) in [4.78, 5) is 2.52. The largest absolute Gasteiger partial charge is 0.306 e. The van der Waals surface area contributed by atoms with Crippen molar-refractivity contribution in [2.24, 2.45) is 17.8 Å². The van der Waals surface area contributed by atoms with Gasteiger partial charge in [-0.1, -0.05) is 33.6 Å². The van der Waals surface area contributed by atoms with Gasteiger partial charge in [0.15, 0.2) is 0 Å². The average molecular weight is 197 g/mol. The van der Waals surface area contributed by atoms with Gasteiger partial charge >= 0.3 is 0 Å². The van der Waals surface area contributed by atoms with E-state index in [4.69, 9.17) is 0 Å². The van der Waals surface area contributed by atoms with Crippen molar-refractivity contribution >= 4 is 0 Å². The van der Waals surface area contributed by atoms with Gasteiger partial charge in [-0.2, -0.15) is 0 Å². The van der Waals surface area contributed by atoms with Gasteiger partial charge in [0.05, 0.1) is 0 Å². The molecule has 1 heterocycles. The summed E-state index contributed by atoms with van der Waals surface area (Å²) in [7, 11) is 2.28. The minimum atomic E-state index is 0.878. The van der Waals surface area contributed by atoms with E-state index >= 15 is 0 Å². The predicted molar refractivity (Wildman–Crippen MR) is 63.5 cm³/mol. The quantitative estimate of drug-likeness (QED) is 0.653. The number of nitrogens with zero attached hydrogens (tertiary/aromatic N) is 1.